The highest BCUT2D eigenvalue weighted by Gasteiger charge is 1.96. The lowest BCUT2D eigenvalue weighted by atomic mass is 10.2. The first kappa shape index (κ1) is 12.6. The van der Waals surface area contributed by atoms with Gasteiger partial charge < -0.3 is 5.11 Å². The zero-order chi connectivity index (χ0) is 17.8. The molecule has 0 spiro atoms. The number of aliphatic hydroxyl groups is 1. The van der Waals surface area contributed by atoms with Crippen LogP contribution in [0.5, 0.6) is 0 Å². The maximum Gasteiger partial charge on any atom is 0.150 e. The Balaban J connectivity index is 0.000000231. The fourth-order valence-corrected chi connectivity index (χ4v) is 2.16. The van der Waals surface area contributed by atoms with Crippen LogP contribution in [0.15, 0.2) is 45.3 Å². The zero-order valence-electron chi connectivity index (χ0n) is 12.8. The van der Waals surface area contributed by atoms with Crippen molar-refractivity contribution < 1.29 is 22.8 Å². The number of rotatable bonds is 2. The molecule has 0 heterocycles. The SMILES string of the molecule is [2H]C(=O)c1cc(F)cc(Br)c1.[2H]C([2H])(O)c1cc(F)cc(Br)c1. The van der Waals surface area contributed by atoms with E-state index in [4.69, 9.17) is 9.22 Å². The van der Waals surface area contributed by atoms with Crippen molar-refractivity contribution in [1.29, 1.82) is 0 Å². The second-order valence-corrected chi connectivity index (χ2v) is 5.36. The van der Waals surface area contributed by atoms with Crippen LogP contribution in [0.4, 0.5) is 8.78 Å². The van der Waals surface area contributed by atoms with E-state index in [0.29, 0.717) is 8.95 Å². The van der Waals surface area contributed by atoms with Gasteiger partial charge in [0.1, 0.15) is 19.3 Å². The molecule has 2 nitrogen and oxygen atoms in total. The van der Waals surface area contributed by atoms with Crippen molar-refractivity contribution in [3.8, 4) is 0 Å². The van der Waals surface area contributed by atoms with Crippen molar-refractivity contribution in [2.75, 3.05) is 0 Å². The maximum absolute atomic E-state index is 12.7. The number of benzene rings is 2. The molecular weight excluding hydrogens is 398 g/mol. The summed E-state index contributed by atoms with van der Waals surface area (Å²) in [5.74, 6) is -1.10. The van der Waals surface area contributed by atoms with Crippen LogP contribution in [0.1, 0.15) is 20.0 Å². The molecule has 2 rings (SSSR count). The minimum absolute atomic E-state index is 0.0527. The first-order chi connectivity index (χ1) is 10.5. The third-order valence-corrected chi connectivity index (χ3v) is 2.89. The summed E-state index contributed by atoms with van der Waals surface area (Å²) in [6.07, 6.45) is -0.884. The molecule has 0 radical (unpaired) electrons. The van der Waals surface area contributed by atoms with Gasteiger partial charge in [-0.25, -0.2) is 8.78 Å². The van der Waals surface area contributed by atoms with Gasteiger partial charge in [0, 0.05) is 14.5 Å². The highest BCUT2D eigenvalue weighted by Crippen LogP contribution is 2.14. The molecule has 0 aliphatic carbocycles. The predicted octanol–water partition coefficient (Wildman–Crippen LogP) is 4.48. The average molecular weight is 411 g/mol. The van der Waals surface area contributed by atoms with Crippen LogP contribution in [0, 0.1) is 11.6 Å². The van der Waals surface area contributed by atoms with E-state index in [9.17, 15) is 13.6 Å². The summed E-state index contributed by atoms with van der Waals surface area (Å²) < 4.78 is 46.5. The molecule has 2 aromatic carbocycles. The lowest BCUT2D eigenvalue weighted by Crippen LogP contribution is -1.84. The largest absolute Gasteiger partial charge is 0.392 e. The molecule has 0 amide bonds. The lowest BCUT2D eigenvalue weighted by Gasteiger charge is -1.96. The number of carbonyl (C=O) groups is 1. The molecular formula is C14H10Br2F2O2. The normalized spacial score (nSPS) is 12.6. The molecule has 0 saturated heterocycles. The smallest absolute Gasteiger partial charge is 0.150 e. The molecule has 0 bridgehead atoms. The van der Waals surface area contributed by atoms with Gasteiger partial charge in [-0.3, -0.25) is 4.79 Å². The number of hydrogen-bond acceptors (Lipinski definition) is 2. The molecule has 0 saturated carbocycles. The van der Waals surface area contributed by atoms with Crippen molar-refractivity contribution >= 4 is 38.1 Å². The van der Waals surface area contributed by atoms with E-state index in [1.165, 1.54) is 24.3 Å². The first-order valence-corrected chi connectivity index (χ1v) is 6.73. The highest BCUT2D eigenvalue weighted by molar-refractivity contribution is 9.10. The molecule has 0 atom stereocenters. The summed E-state index contributed by atoms with van der Waals surface area (Å²) in [6, 6.07) is 7.12. The number of hydrogen-bond donors (Lipinski definition) is 1. The summed E-state index contributed by atoms with van der Waals surface area (Å²) in [4.78, 5) is 10.4. The Morgan fingerprint density at radius 3 is 2.10 bits per heavy atom. The summed E-state index contributed by atoms with van der Waals surface area (Å²) in [5, 5.41) is 8.88. The third kappa shape index (κ3) is 5.90. The third-order valence-electron chi connectivity index (χ3n) is 1.97. The van der Waals surface area contributed by atoms with Crippen LogP contribution < -0.4 is 0 Å². The van der Waals surface area contributed by atoms with E-state index in [2.05, 4.69) is 31.9 Å². The maximum atomic E-state index is 12.7. The Morgan fingerprint density at radius 2 is 1.65 bits per heavy atom. The Kier molecular flexibility index (Phi) is 5.20. The van der Waals surface area contributed by atoms with Crippen molar-refractivity contribution in [2.24, 2.45) is 0 Å². The average Bonchev–Trinajstić information content (AvgIpc) is 2.36. The molecule has 0 fully saturated rings. The van der Waals surface area contributed by atoms with Gasteiger partial charge in [0.2, 0.25) is 0 Å². The van der Waals surface area contributed by atoms with E-state index in [1.807, 2.05) is 0 Å². The lowest BCUT2D eigenvalue weighted by molar-refractivity contribution is 0.112. The van der Waals surface area contributed by atoms with Crippen LogP contribution >= 0.6 is 31.9 Å². The number of aldehydes is 1. The summed E-state index contributed by atoms with van der Waals surface area (Å²) in [7, 11) is 0. The topological polar surface area (TPSA) is 37.3 Å². The molecule has 20 heavy (non-hydrogen) atoms. The second kappa shape index (κ2) is 8.24. The van der Waals surface area contributed by atoms with Crippen LogP contribution in [0.25, 0.3) is 0 Å². The molecule has 0 aliphatic rings. The van der Waals surface area contributed by atoms with E-state index in [1.54, 1.807) is 0 Å². The Hall–Kier alpha value is -1.11. The number of halogens is 4. The Labute approximate surface area is 135 Å². The van der Waals surface area contributed by atoms with Crippen molar-refractivity contribution in [3.05, 3.63) is 68.1 Å². The molecule has 6 heteroatoms. The summed E-state index contributed by atoms with van der Waals surface area (Å²) >= 11 is 5.99. The van der Waals surface area contributed by atoms with E-state index in [-0.39, 0.29) is 11.1 Å². The van der Waals surface area contributed by atoms with E-state index in [0.717, 1.165) is 12.1 Å². The molecule has 1 N–H and O–H groups in total. The van der Waals surface area contributed by atoms with Crippen LogP contribution in [0.2, 0.25) is 0 Å². The minimum atomic E-state index is -2.50. The van der Waals surface area contributed by atoms with E-state index < -0.39 is 24.5 Å². The van der Waals surface area contributed by atoms with Crippen LogP contribution in [-0.2, 0) is 6.56 Å². The number of carbonyl (C=O) groups excluding carboxylic acids is 1. The van der Waals surface area contributed by atoms with E-state index >= 15 is 0 Å². The van der Waals surface area contributed by atoms with Crippen LogP contribution in [-0.4, -0.2) is 11.4 Å². The second-order valence-electron chi connectivity index (χ2n) is 3.53. The van der Waals surface area contributed by atoms with Gasteiger partial charge in [-0.2, -0.15) is 0 Å². The summed E-state index contributed by atoms with van der Waals surface area (Å²) in [6.45, 7) is -2.50. The van der Waals surface area contributed by atoms with Crippen molar-refractivity contribution in [3.63, 3.8) is 0 Å². The standard InChI is InChI=1S/C7H6BrFO.C7H4BrFO/c2*8-6-1-5(4-10)2-7(9)3-6/h1-3,10H,4H2;1-4H/i4D2;4D. The Bertz CT molecular complexity index is 681. The zero-order valence-corrected chi connectivity index (χ0v) is 13.0. The van der Waals surface area contributed by atoms with Crippen LogP contribution in [0.3, 0.4) is 0 Å². The predicted molar refractivity (Wildman–Crippen MR) is 79.5 cm³/mol. The van der Waals surface area contributed by atoms with Gasteiger partial charge in [-0.1, -0.05) is 31.9 Å². The van der Waals surface area contributed by atoms with Gasteiger partial charge >= 0.3 is 0 Å². The van der Waals surface area contributed by atoms with Gasteiger partial charge in [-0.05, 0) is 42.0 Å². The van der Waals surface area contributed by atoms with Gasteiger partial charge in [0.15, 0.2) is 0 Å². The van der Waals surface area contributed by atoms with Gasteiger partial charge in [0.05, 0.1) is 9.30 Å². The van der Waals surface area contributed by atoms with Gasteiger partial charge in [-0.15, -0.1) is 0 Å². The highest BCUT2D eigenvalue weighted by atomic mass is 79.9. The van der Waals surface area contributed by atoms with Crippen molar-refractivity contribution in [1.82, 2.24) is 0 Å². The Morgan fingerprint density at radius 1 is 1.10 bits per heavy atom. The molecule has 106 valence electrons. The molecule has 0 aromatic heterocycles. The van der Waals surface area contributed by atoms with Gasteiger partial charge in [0.25, 0.3) is 0 Å². The summed E-state index contributed by atoms with van der Waals surface area (Å²) in [5.41, 5.74) is -0.0498. The van der Waals surface area contributed by atoms with Crippen molar-refractivity contribution in [2.45, 2.75) is 6.56 Å². The fraction of sp³-hybridized carbons (Fsp3) is 0.0714. The minimum Gasteiger partial charge on any atom is -0.392 e. The quantitative estimate of drug-likeness (QED) is 0.741. The molecule has 0 aliphatic heterocycles. The fourth-order valence-electron chi connectivity index (χ4n) is 1.23. The molecule has 0 unspecified atom stereocenters. The molecule has 2 aromatic rings. The first-order valence-electron chi connectivity index (χ1n) is 6.65. The monoisotopic (exact) mass is 409 g/mol.